The van der Waals surface area contributed by atoms with Gasteiger partial charge in [-0.1, -0.05) is 0 Å². The molecule has 7 nitrogen and oxygen atoms in total. The number of nitrogens with one attached hydrogen (secondary N) is 1. The van der Waals surface area contributed by atoms with Crippen LogP contribution >= 0.6 is 0 Å². The molecule has 19 heavy (non-hydrogen) atoms. The topological polar surface area (TPSA) is 90.9 Å². The van der Waals surface area contributed by atoms with E-state index in [1.165, 1.54) is 0 Å². The summed E-state index contributed by atoms with van der Waals surface area (Å²) in [4.78, 5) is 8.39. The van der Waals surface area contributed by atoms with Gasteiger partial charge >= 0.3 is 0 Å². The minimum absolute atomic E-state index is 0.354. The molecule has 0 saturated heterocycles. The summed E-state index contributed by atoms with van der Waals surface area (Å²) in [6, 6.07) is 3.63. The van der Waals surface area contributed by atoms with Gasteiger partial charge in [0.2, 0.25) is 0 Å². The van der Waals surface area contributed by atoms with Crippen molar-refractivity contribution < 1.29 is 4.74 Å². The van der Waals surface area contributed by atoms with E-state index in [4.69, 9.17) is 10.5 Å². The fourth-order valence-corrected chi connectivity index (χ4v) is 1.69. The standard InChI is InChI=1S/C12H18N6O/c1-19-9-12-16-10(13)8-11(17-12)14-4-2-6-18-7-3-5-15-18/h3,5,7-8H,2,4,6,9H2,1H3,(H3,13,14,16,17). The Morgan fingerprint density at radius 1 is 1.42 bits per heavy atom. The average molecular weight is 262 g/mol. The van der Waals surface area contributed by atoms with Crippen LogP contribution in [0.15, 0.2) is 24.5 Å². The molecule has 0 aliphatic carbocycles. The first-order valence-electron chi connectivity index (χ1n) is 6.11. The van der Waals surface area contributed by atoms with E-state index in [0.717, 1.165) is 25.3 Å². The van der Waals surface area contributed by atoms with Crippen molar-refractivity contribution in [3.8, 4) is 0 Å². The van der Waals surface area contributed by atoms with Crippen molar-refractivity contribution >= 4 is 11.6 Å². The van der Waals surface area contributed by atoms with E-state index in [1.54, 1.807) is 19.4 Å². The van der Waals surface area contributed by atoms with Crippen LogP contribution < -0.4 is 11.1 Å². The summed E-state index contributed by atoms with van der Waals surface area (Å²) in [6.45, 7) is 2.02. The SMILES string of the molecule is COCc1nc(N)cc(NCCCn2cccn2)n1. The molecule has 2 heterocycles. The van der Waals surface area contributed by atoms with Crippen LogP contribution in [0.2, 0.25) is 0 Å². The fourth-order valence-electron chi connectivity index (χ4n) is 1.69. The molecule has 2 aromatic heterocycles. The van der Waals surface area contributed by atoms with E-state index in [2.05, 4.69) is 20.4 Å². The number of hydrogen-bond acceptors (Lipinski definition) is 6. The van der Waals surface area contributed by atoms with Gasteiger partial charge in [0.1, 0.15) is 18.2 Å². The van der Waals surface area contributed by atoms with E-state index in [9.17, 15) is 0 Å². The zero-order chi connectivity index (χ0) is 13.5. The van der Waals surface area contributed by atoms with Crippen molar-refractivity contribution in [2.24, 2.45) is 0 Å². The number of nitrogens with two attached hydrogens (primary N) is 1. The van der Waals surface area contributed by atoms with E-state index in [-0.39, 0.29) is 0 Å². The summed E-state index contributed by atoms with van der Waals surface area (Å²) in [5.74, 6) is 1.74. The first-order valence-corrected chi connectivity index (χ1v) is 6.11. The van der Waals surface area contributed by atoms with Crippen molar-refractivity contribution in [3.63, 3.8) is 0 Å². The third-order valence-electron chi connectivity index (χ3n) is 2.50. The van der Waals surface area contributed by atoms with Gasteiger partial charge in [-0.25, -0.2) is 9.97 Å². The average Bonchev–Trinajstić information content (AvgIpc) is 2.87. The maximum Gasteiger partial charge on any atom is 0.158 e. The predicted molar refractivity (Wildman–Crippen MR) is 72.5 cm³/mol. The largest absolute Gasteiger partial charge is 0.384 e. The van der Waals surface area contributed by atoms with Gasteiger partial charge in [-0.05, 0) is 12.5 Å². The highest BCUT2D eigenvalue weighted by molar-refractivity contribution is 5.44. The molecule has 3 N–H and O–H groups in total. The van der Waals surface area contributed by atoms with E-state index < -0.39 is 0 Å². The Morgan fingerprint density at radius 2 is 2.32 bits per heavy atom. The van der Waals surface area contributed by atoms with E-state index >= 15 is 0 Å². The lowest BCUT2D eigenvalue weighted by Crippen LogP contribution is -2.10. The molecular weight excluding hydrogens is 244 g/mol. The van der Waals surface area contributed by atoms with Gasteiger partial charge in [0, 0.05) is 38.7 Å². The quantitative estimate of drug-likeness (QED) is 0.720. The number of rotatable bonds is 7. The van der Waals surface area contributed by atoms with Crippen molar-refractivity contribution in [2.75, 3.05) is 24.7 Å². The van der Waals surface area contributed by atoms with Gasteiger partial charge in [-0.15, -0.1) is 0 Å². The Balaban J connectivity index is 1.81. The molecule has 0 fully saturated rings. The Bertz CT molecular complexity index is 499. The minimum atomic E-state index is 0.354. The first-order chi connectivity index (χ1) is 9.28. The van der Waals surface area contributed by atoms with Crippen LogP contribution in [0.5, 0.6) is 0 Å². The summed E-state index contributed by atoms with van der Waals surface area (Å²) < 4.78 is 6.89. The second kappa shape index (κ2) is 6.69. The van der Waals surface area contributed by atoms with E-state index in [0.29, 0.717) is 18.2 Å². The molecule has 0 aliphatic heterocycles. The molecule has 0 atom stereocenters. The molecule has 102 valence electrons. The van der Waals surface area contributed by atoms with Gasteiger partial charge in [0.05, 0.1) is 0 Å². The number of aromatic nitrogens is 4. The number of nitrogens with zero attached hydrogens (tertiary/aromatic N) is 4. The van der Waals surface area contributed by atoms with Crippen molar-refractivity contribution in [1.29, 1.82) is 0 Å². The number of methoxy groups -OCH3 is 1. The molecule has 0 aliphatic rings. The predicted octanol–water partition coefficient (Wildman–Crippen LogP) is 0.904. The number of nitrogen functional groups attached to an aromatic ring is 1. The van der Waals surface area contributed by atoms with Gasteiger partial charge in [-0.3, -0.25) is 4.68 Å². The number of ether oxygens (including phenoxy) is 1. The second-order valence-electron chi connectivity index (χ2n) is 4.08. The Hall–Kier alpha value is -2.15. The zero-order valence-electron chi connectivity index (χ0n) is 10.9. The maximum atomic E-state index is 5.71. The highest BCUT2D eigenvalue weighted by Gasteiger charge is 2.02. The van der Waals surface area contributed by atoms with Gasteiger partial charge in [-0.2, -0.15) is 5.10 Å². The Labute approximate surface area is 111 Å². The van der Waals surface area contributed by atoms with Crippen LogP contribution in [0.4, 0.5) is 11.6 Å². The summed E-state index contributed by atoms with van der Waals surface area (Å²) in [5, 5.41) is 7.36. The molecule has 0 saturated carbocycles. The summed E-state index contributed by atoms with van der Waals surface area (Å²) in [5.41, 5.74) is 5.71. The highest BCUT2D eigenvalue weighted by Crippen LogP contribution is 2.09. The van der Waals surface area contributed by atoms with E-state index in [1.807, 2.05) is 16.9 Å². The van der Waals surface area contributed by atoms with Crippen LogP contribution in [0.3, 0.4) is 0 Å². The first kappa shape index (κ1) is 13.3. The molecule has 0 spiro atoms. The Morgan fingerprint density at radius 3 is 3.05 bits per heavy atom. The lowest BCUT2D eigenvalue weighted by atomic mass is 10.4. The van der Waals surface area contributed by atoms with Crippen LogP contribution in [0.1, 0.15) is 12.2 Å². The van der Waals surface area contributed by atoms with Gasteiger partial charge in [0.15, 0.2) is 5.82 Å². The van der Waals surface area contributed by atoms with Gasteiger partial charge in [0.25, 0.3) is 0 Å². The molecule has 0 aromatic carbocycles. The third-order valence-corrected chi connectivity index (χ3v) is 2.50. The van der Waals surface area contributed by atoms with Crippen LogP contribution in [-0.4, -0.2) is 33.4 Å². The molecular formula is C12H18N6O. The number of aryl methyl sites for hydroxylation is 1. The molecule has 0 radical (unpaired) electrons. The van der Waals surface area contributed by atoms with Crippen molar-refractivity contribution in [2.45, 2.75) is 19.6 Å². The maximum absolute atomic E-state index is 5.71. The number of anilines is 2. The molecule has 0 amide bonds. The number of hydrogen-bond donors (Lipinski definition) is 2. The monoisotopic (exact) mass is 262 g/mol. The molecule has 2 aromatic rings. The lowest BCUT2D eigenvalue weighted by molar-refractivity contribution is 0.178. The molecule has 0 unspecified atom stereocenters. The third kappa shape index (κ3) is 4.22. The summed E-state index contributed by atoms with van der Waals surface area (Å²) in [6.07, 6.45) is 4.67. The molecule has 2 rings (SSSR count). The Kier molecular flexibility index (Phi) is 4.68. The fraction of sp³-hybridized carbons (Fsp3) is 0.417. The minimum Gasteiger partial charge on any atom is -0.384 e. The van der Waals surface area contributed by atoms with Crippen LogP contribution in [0.25, 0.3) is 0 Å². The molecule has 0 bridgehead atoms. The lowest BCUT2D eigenvalue weighted by Gasteiger charge is -2.08. The zero-order valence-corrected chi connectivity index (χ0v) is 10.9. The molecule has 7 heteroatoms. The summed E-state index contributed by atoms with van der Waals surface area (Å²) >= 11 is 0. The van der Waals surface area contributed by atoms with Crippen LogP contribution in [-0.2, 0) is 17.9 Å². The van der Waals surface area contributed by atoms with Gasteiger partial charge < -0.3 is 15.8 Å². The summed E-state index contributed by atoms with van der Waals surface area (Å²) in [7, 11) is 1.60. The highest BCUT2D eigenvalue weighted by atomic mass is 16.5. The smallest absolute Gasteiger partial charge is 0.158 e. The van der Waals surface area contributed by atoms with Crippen LogP contribution in [0, 0.1) is 0 Å². The normalized spacial score (nSPS) is 10.6. The van der Waals surface area contributed by atoms with Crippen molar-refractivity contribution in [1.82, 2.24) is 19.7 Å². The second-order valence-corrected chi connectivity index (χ2v) is 4.08. The van der Waals surface area contributed by atoms with Crippen molar-refractivity contribution in [3.05, 3.63) is 30.4 Å².